The van der Waals surface area contributed by atoms with E-state index in [0.717, 1.165) is 12.0 Å². The zero-order chi connectivity index (χ0) is 10.4. The average molecular weight is 190 g/mol. The normalized spacial score (nSPS) is 10.8. The summed E-state index contributed by atoms with van der Waals surface area (Å²) >= 11 is 0. The summed E-state index contributed by atoms with van der Waals surface area (Å²) in [5, 5.41) is 0. The van der Waals surface area contributed by atoms with Crippen LogP contribution >= 0.6 is 0 Å². The van der Waals surface area contributed by atoms with Crippen molar-refractivity contribution in [2.24, 2.45) is 5.92 Å². The molecule has 0 N–H and O–H groups in total. The van der Waals surface area contributed by atoms with Crippen molar-refractivity contribution >= 4 is 6.29 Å². The first-order valence-electron chi connectivity index (χ1n) is 4.61. The molecule has 0 bridgehead atoms. The molecule has 0 amide bonds. The summed E-state index contributed by atoms with van der Waals surface area (Å²) in [7, 11) is 0. The summed E-state index contributed by atoms with van der Waals surface area (Å²) < 4.78 is 5.32. The summed E-state index contributed by atoms with van der Waals surface area (Å²) in [6.45, 7) is 4.16. The monoisotopic (exact) mass is 190 g/mol. The minimum atomic E-state index is 0.476. The number of hydrogen-bond acceptors (Lipinski definition) is 2. The van der Waals surface area contributed by atoms with E-state index in [-0.39, 0.29) is 0 Å². The molecular weight excluding hydrogens is 176 g/mol. The number of aldehydes is 1. The second-order valence-corrected chi connectivity index (χ2v) is 3.38. The minimum absolute atomic E-state index is 0.476. The van der Waals surface area contributed by atoms with E-state index in [1.54, 1.807) is 30.5 Å². The van der Waals surface area contributed by atoms with Gasteiger partial charge in [0.25, 0.3) is 0 Å². The zero-order valence-electron chi connectivity index (χ0n) is 8.44. The van der Waals surface area contributed by atoms with E-state index in [2.05, 4.69) is 13.8 Å². The van der Waals surface area contributed by atoms with Gasteiger partial charge in [-0.3, -0.25) is 4.79 Å². The van der Waals surface area contributed by atoms with Crippen LogP contribution < -0.4 is 4.74 Å². The van der Waals surface area contributed by atoms with Crippen LogP contribution in [0.2, 0.25) is 0 Å². The van der Waals surface area contributed by atoms with Gasteiger partial charge in [-0.1, -0.05) is 13.8 Å². The number of benzene rings is 1. The SMILES string of the molecule is CC(C)C=COc1ccc(C=O)cc1. The lowest BCUT2D eigenvalue weighted by molar-refractivity contribution is 0.112. The molecule has 0 aliphatic heterocycles. The second-order valence-electron chi connectivity index (χ2n) is 3.38. The average Bonchev–Trinajstić information content (AvgIpc) is 2.18. The molecule has 0 atom stereocenters. The topological polar surface area (TPSA) is 26.3 Å². The summed E-state index contributed by atoms with van der Waals surface area (Å²) in [5.41, 5.74) is 0.658. The van der Waals surface area contributed by atoms with Crippen molar-refractivity contribution in [3.8, 4) is 5.75 Å². The number of ether oxygens (including phenoxy) is 1. The molecule has 1 rings (SSSR count). The molecule has 1 aromatic carbocycles. The van der Waals surface area contributed by atoms with Gasteiger partial charge in [0.15, 0.2) is 0 Å². The molecule has 0 saturated heterocycles. The molecule has 0 spiro atoms. The first-order chi connectivity index (χ1) is 6.72. The van der Waals surface area contributed by atoms with Gasteiger partial charge in [0, 0.05) is 5.56 Å². The van der Waals surface area contributed by atoms with Crippen LogP contribution in [0.4, 0.5) is 0 Å². The molecule has 0 heterocycles. The van der Waals surface area contributed by atoms with Gasteiger partial charge in [-0.2, -0.15) is 0 Å². The molecule has 1 aromatic rings. The molecule has 2 nitrogen and oxygen atoms in total. The second kappa shape index (κ2) is 5.22. The molecule has 0 unspecified atom stereocenters. The molecule has 0 fully saturated rings. The van der Waals surface area contributed by atoms with Crippen molar-refractivity contribution < 1.29 is 9.53 Å². The van der Waals surface area contributed by atoms with Crippen LogP contribution in [-0.2, 0) is 0 Å². The van der Waals surface area contributed by atoms with Crippen LogP contribution in [0.25, 0.3) is 0 Å². The number of allylic oxidation sites excluding steroid dienone is 1. The summed E-state index contributed by atoms with van der Waals surface area (Å²) in [5.74, 6) is 1.22. The van der Waals surface area contributed by atoms with Crippen molar-refractivity contribution in [2.75, 3.05) is 0 Å². The minimum Gasteiger partial charge on any atom is -0.465 e. The molecule has 0 aliphatic rings. The van der Waals surface area contributed by atoms with Gasteiger partial charge in [-0.25, -0.2) is 0 Å². The maximum Gasteiger partial charge on any atom is 0.150 e. The predicted molar refractivity (Wildman–Crippen MR) is 56.4 cm³/mol. The highest BCUT2D eigenvalue weighted by Crippen LogP contribution is 2.11. The quantitative estimate of drug-likeness (QED) is 0.538. The number of hydrogen-bond donors (Lipinski definition) is 0. The lowest BCUT2D eigenvalue weighted by atomic mass is 10.2. The maximum absolute atomic E-state index is 10.4. The van der Waals surface area contributed by atoms with Crippen LogP contribution in [-0.4, -0.2) is 6.29 Å². The van der Waals surface area contributed by atoms with Gasteiger partial charge >= 0.3 is 0 Å². The number of carbonyl (C=O) groups excluding carboxylic acids is 1. The number of carbonyl (C=O) groups is 1. The fourth-order valence-electron chi connectivity index (χ4n) is 0.900. The van der Waals surface area contributed by atoms with Crippen LogP contribution in [0.3, 0.4) is 0 Å². The molecule has 14 heavy (non-hydrogen) atoms. The highest BCUT2D eigenvalue weighted by Gasteiger charge is 1.92. The summed E-state index contributed by atoms with van der Waals surface area (Å²) in [6, 6.07) is 7.00. The van der Waals surface area contributed by atoms with E-state index in [1.165, 1.54) is 0 Å². The van der Waals surface area contributed by atoms with Crippen LogP contribution in [0.5, 0.6) is 5.75 Å². The third kappa shape index (κ3) is 3.44. The van der Waals surface area contributed by atoms with E-state index in [0.29, 0.717) is 11.5 Å². The molecule has 0 aliphatic carbocycles. The number of rotatable bonds is 4. The fraction of sp³-hybridized carbons (Fsp3) is 0.250. The summed E-state index contributed by atoms with van der Waals surface area (Å²) in [6.07, 6.45) is 4.45. The van der Waals surface area contributed by atoms with Crippen molar-refractivity contribution in [3.63, 3.8) is 0 Å². The molecule has 0 radical (unpaired) electrons. The van der Waals surface area contributed by atoms with E-state index in [1.807, 2.05) is 6.08 Å². The standard InChI is InChI=1S/C12H14O2/c1-10(2)7-8-14-12-5-3-11(9-13)4-6-12/h3-10H,1-2H3. The predicted octanol–water partition coefficient (Wildman–Crippen LogP) is 3.05. The largest absolute Gasteiger partial charge is 0.465 e. The Morgan fingerprint density at radius 1 is 1.21 bits per heavy atom. The van der Waals surface area contributed by atoms with Gasteiger partial charge in [0.05, 0.1) is 6.26 Å². The van der Waals surface area contributed by atoms with Gasteiger partial charge in [-0.05, 0) is 36.3 Å². The zero-order valence-corrected chi connectivity index (χ0v) is 8.44. The summed E-state index contributed by atoms with van der Waals surface area (Å²) in [4.78, 5) is 10.4. The van der Waals surface area contributed by atoms with Gasteiger partial charge in [0.1, 0.15) is 12.0 Å². The Hall–Kier alpha value is -1.57. The first kappa shape index (κ1) is 10.5. The van der Waals surface area contributed by atoms with Crippen LogP contribution in [0, 0.1) is 5.92 Å². The van der Waals surface area contributed by atoms with Crippen molar-refractivity contribution in [1.82, 2.24) is 0 Å². The first-order valence-corrected chi connectivity index (χ1v) is 4.61. The Balaban J connectivity index is 2.56. The highest BCUT2D eigenvalue weighted by atomic mass is 16.5. The van der Waals surface area contributed by atoms with E-state index < -0.39 is 0 Å². The lowest BCUT2D eigenvalue weighted by Gasteiger charge is -2.00. The van der Waals surface area contributed by atoms with Gasteiger partial charge < -0.3 is 4.74 Å². The Bertz CT molecular complexity index is 310. The molecule has 0 aromatic heterocycles. The molecule has 74 valence electrons. The maximum atomic E-state index is 10.4. The van der Waals surface area contributed by atoms with Crippen molar-refractivity contribution in [3.05, 3.63) is 42.2 Å². The Kier molecular flexibility index (Phi) is 3.92. The van der Waals surface area contributed by atoms with E-state index in [9.17, 15) is 4.79 Å². The third-order valence-electron chi connectivity index (χ3n) is 1.68. The van der Waals surface area contributed by atoms with E-state index >= 15 is 0 Å². The molecule has 2 heteroatoms. The Morgan fingerprint density at radius 3 is 2.36 bits per heavy atom. The van der Waals surface area contributed by atoms with Gasteiger partial charge in [0.2, 0.25) is 0 Å². The molecule has 0 saturated carbocycles. The smallest absolute Gasteiger partial charge is 0.150 e. The van der Waals surface area contributed by atoms with Crippen molar-refractivity contribution in [2.45, 2.75) is 13.8 Å². The Morgan fingerprint density at radius 2 is 1.86 bits per heavy atom. The Labute approximate surface area is 84.2 Å². The van der Waals surface area contributed by atoms with Crippen LogP contribution in [0.15, 0.2) is 36.6 Å². The van der Waals surface area contributed by atoms with Gasteiger partial charge in [-0.15, -0.1) is 0 Å². The lowest BCUT2D eigenvalue weighted by Crippen LogP contribution is -1.85. The van der Waals surface area contributed by atoms with Crippen LogP contribution in [0.1, 0.15) is 24.2 Å². The fourth-order valence-corrected chi connectivity index (χ4v) is 0.900. The molecular formula is C12H14O2. The third-order valence-corrected chi connectivity index (χ3v) is 1.68. The van der Waals surface area contributed by atoms with Crippen molar-refractivity contribution in [1.29, 1.82) is 0 Å². The van der Waals surface area contributed by atoms with E-state index in [4.69, 9.17) is 4.74 Å². The highest BCUT2D eigenvalue weighted by molar-refractivity contribution is 5.74.